The zero-order valence-electron chi connectivity index (χ0n) is 16.9. The number of carbonyl (C=O) groups is 1. The lowest BCUT2D eigenvalue weighted by atomic mass is 9.64. The molecule has 2 saturated carbocycles. The second-order valence-electron chi connectivity index (χ2n) is 9.86. The number of hydrogen-bond acceptors (Lipinski definition) is 3. The molecule has 2 aliphatic carbocycles. The number of carbonyl (C=O) groups excluding carboxylic acids is 1. The van der Waals surface area contributed by atoms with E-state index in [-0.39, 0.29) is 23.0 Å². The van der Waals surface area contributed by atoms with Crippen molar-refractivity contribution in [1.29, 1.82) is 0 Å². The van der Waals surface area contributed by atoms with Gasteiger partial charge in [0.1, 0.15) is 5.78 Å². The third-order valence-electron chi connectivity index (χ3n) is 6.17. The quantitative estimate of drug-likeness (QED) is 0.590. The van der Waals surface area contributed by atoms with E-state index >= 15 is 0 Å². The van der Waals surface area contributed by atoms with Gasteiger partial charge in [-0.05, 0) is 83.8 Å². The fourth-order valence-electron chi connectivity index (χ4n) is 5.23. The summed E-state index contributed by atoms with van der Waals surface area (Å²) >= 11 is 0. The smallest absolute Gasteiger partial charge is 0.184 e. The Hall–Kier alpha value is -0.193. The zero-order valence-corrected chi connectivity index (χ0v) is 17.9. The van der Waals surface area contributed by atoms with Crippen molar-refractivity contribution >= 4 is 14.1 Å². The average molecular weight is 355 g/mol. The van der Waals surface area contributed by atoms with Crippen LogP contribution in [0.3, 0.4) is 0 Å². The minimum atomic E-state index is -1.53. The van der Waals surface area contributed by atoms with Crippen molar-refractivity contribution in [2.24, 2.45) is 17.3 Å². The van der Waals surface area contributed by atoms with Crippen LogP contribution in [0.15, 0.2) is 0 Å². The Balaban J connectivity index is 1.87. The molecular formula is C20H38O3Si. The summed E-state index contributed by atoms with van der Waals surface area (Å²) in [6, 6.07) is 0. The third kappa shape index (κ3) is 4.70. The Labute approximate surface area is 150 Å². The lowest BCUT2D eigenvalue weighted by molar-refractivity contribution is -0.131. The van der Waals surface area contributed by atoms with Crippen LogP contribution in [-0.2, 0) is 14.0 Å². The van der Waals surface area contributed by atoms with E-state index in [0.717, 1.165) is 38.7 Å². The molecule has 3 nitrogen and oxygen atoms in total. The second kappa shape index (κ2) is 7.20. The molecule has 24 heavy (non-hydrogen) atoms. The van der Waals surface area contributed by atoms with Crippen molar-refractivity contribution in [2.45, 2.75) is 97.6 Å². The first-order valence-corrected chi connectivity index (χ1v) is 13.2. The van der Waals surface area contributed by atoms with E-state index in [9.17, 15) is 4.79 Å². The number of ketones is 1. The molecule has 0 aromatic heterocycles. The van der Waals surface area contributed by atoms with Crippen molar-refractivity contribution < 1.29 is 14.0 Å². The van der Waals surface area contributed by atoms with Crippen molar-refractivity contribution in [3.05, 3.63) is 0 Å². The van der Waals surface area contributed by atoms with Gasteiger partial charge in [-0.3, -0.25) is 4.79 Å². The summed E-state index contributed by atoms with van der Waals surface area (Å²) in [6.07, 6.45) is 6.41. The summed E-state index contributed by atoms with van der Waals surface area (Å²) < 4.78 is 12.5. The van der Waals surface area contributed by atoms with Crippen LogP contribution < -0.4 is 0 Å². The zero-order chi connectivity index (χ0) is 18.2. The average Bonchev–Trinajstić information content (AvgIpc) is 2.74. The molecule has 2 rings (SSSR count). The molecule has 140 valence electrons. The van der Waals surface area contributed by atoms with Gasteiger partial charge in [-0.15, -0.1) is 0 Å². The predicted octanol–water partition coefficient (Wildman–Crippen LogP) is 5.20. The molecule has 0 spiro atoms. The molecule has 0 heterocycles. The highest BCUT2D eigenvalue weighted by atomic mass is 28.4. The summed E-state index contributed by atoms with van der Waals surface area (Å²) in [5.74, 6) is 1.31. The molecule has 2 fully saturated rings. The summed E-state index contributed by atoms with van der Waals surface area (Å²) in [7, 11) is -1.53. The molecule has 0 aromatic rings. The lowest BCUT2D eigenvalue weighted by Gasteiger charge is -2.42. The highest BCUT2D eigenvalue weighted by Gasteiger charge is 2.52. The van der Waals surface area contributed by atoms with Gasteiger partial charge in [-0.25, -0.2) is 0 Å². The Morgan fingerprint density at radius 2 is 1.96 bits per heavy atom. The minimum Gasteiger partial charge on any atom is -0.413 e. The maximum absolute atomic E-state index is 12.3. The van der Waals surface area contributed by atoms with E-state index in [2.05, 4.69) is 47.3 Å². The topological polar surface area (TPSA) is 35.5 Å². The van der Waals surface area contributed by atoms with E-state index in [1.807, 2.05) is 0 Å². The SMILES string of the molecule is CC(OCCC(C)(C)O[Si](C)(C)C)[C@H]1CC[C@H]2C(=O)CCC[C@]12C. The van der Waals surface area contributed by atoms with Crippen LogP contribution in [0.2, 0.25) is 19.6 Å². The van der Waals surface area contributed by atoms with Gasteiger partial charge in [-0.2, -0.15) is 0 Å². The molecule has 0 radical (unpaired) electrons. The van der Waals surface area contributed by atoms with Gasteiger partial charge >= 0.3 is 0 Å². The van der Waals surface area contributed by atoms with E-state index < -0.39 is 8.32 Å². The molecule has 0 N–H and O–H groups in total. The van der Waals surface area contributed by atoms with Gasteiger partial charge in [-0.1, -0.05) is 6.92 Å². The monoisotopic (exact) mass is 354 g/mol. The Kier molecular flexibility index (Phi) is 6.04. The van der Waals surface area contributed by atoms with Gasteiger partial charge in [0.2, 0.25) is 0 Å². The summed E-state index contributed by atoms with van der Waals surface area (Å²) in [4.78, 5) is 12.3. The number of ether oxygens (including phenoxy) is 1. The van der Waals surface area contributed by atoms with Crippen molar-refractivity contribution in [3.8, 4) is 0 Å². The minimum absolute atomic E-state index is 0.118. The van der Waals surface area contributed by atoms with Crippen LogP contribution in [0.1, 0.15) is 66.2 Å². The molecule has 0 bridgehead atoms. The number of fused-ring (bicyclic) bond motifs is 1. The van der Waals surface area contributed by atoms with E-state index in [4.69, 9.17) is 9.16 Å². The van der Waals surface area contributed by atoms with Crippen LogP contribution in [0.4, 0.5) is 0 Å². The number of hydrogen-bond donors (Lipinski definition) is 0. The summed E-state index contributed by atoms with van der Waals surface area (Å²) in [5.41, 5.74) is 0.0478. The highest BCUT2D eigenvalue weighted by Crippen LogP contribution is 2.55. The van der Waals surface area contributed by atoms with Gasteiger partial charge < -0.3 is 9.16 Å². The number of Topliss-reactive ketones (excluding diaryl/α,β-unsaturated/α-hetero) is 1. The van der Waals surface area contributed by atoms with Gasteiger partial charge in [0.25, 0.3) is 0 Å². The normalized spacial score (nSPS) is 32.7. The standard InChI is InChI=1S/C20H38O3Si/c1-15(22-14-13-19(2,3)23-24(5,6)7)16-10-11-17-18(21)9-8-12-20(16,17)4/h15-17H,8-14H2,1-7H3/t15?,16-,17+,20-/m1/s1. The third-order valence-corrected chi connectivity index (χ3v) is 7.34. The molecule has 0 amide bonds. The number of rotatable bonds is 7. The lowest BCUT2D eigenvalue weighted by Crippen LogP contribution is -2.42. The fourth-order valence-corrected chi connectivity index (χ4v) is 6.99. The van der Waals surface area contributed by atoms with Crippen LogP contribution >= 0.6 is 0 Å². The van der Waals surface area contributed by atoms with Crippen LogP contribution in [-0.4, -0.2) is 32.4 Å². The molecule has 4 atom stereocenters. The molecule has 2 aliphatic rings. The van der Waals surface area contributed by atoms with Gasteiger partial charge in [0.15, 0.2) is 8.32 Å². The fraction of sp³-hybridized carbons (Fsp3) is 0.950. The van der Waals surface area contributed by atoms with E-state index in [1.54, 1.807) is 0 Å². The maximum atomic E-state index is 12.3. The molecule has 4 heteroatoms. The predicted molar refractivity (Wildman–Crippen MR) is 102 cm³/mol. The van der Waals surface area contributed by atoms with Crippen LogP contribution in [0.25, 0.3) is 0 Å². The molecule has 0 aromatic carbocycles. The first kappa shape index (κ1) is 20.1. The van der Waals surface area contributed by atoms with Crippen molar-refractivity contribution in [1.82, 2.24) is 0 Å². The Morgan fingerprint density at radius 3 is 2.58 bits per heavy atom. The second-order valence-corrected chi connectivity index (χ2v) is 14.3. The van der Waals surface area contributed by atoms with E-state index in [0.29, 0.717) is 11.7 Å². The molecular weight excluding hydrogens is 316 g/mol. The van der Waals surface area contributed by atoms with Crippen molar-refractivity contribution in [3.63, 3.8) is 0 Å². The van der Waals surface area contributed by atoms with E-state index in [1.165, 1.54) is 6.42 Å². The van der Waals surface area contributed by atoms with Gasteiger partial charge in [0, 0.05) is 18.9 Å². The Bertz CT molecular complexity index is 454. The van der Waals surface area contributed by atoms with Gasteiger partial charge in [0.05, 0.1) is 11.7 Å². The molecule has 1 unspecified atom stereocenters. The Morgan fingerprint density at radius 1 is 1.29 bits per heavy atom. The van der Waals surface area contributed by atoms with Crippen molar-refractivity contribution in [2.75, 3.05) is 6.61 Å². The summed E-state index contributed by atoms with van der Waals surface area (Å²) in [5, 5.41) is 0. The summed E-state index contributed by atoms with van der Waals surface area (Å²) in [6.45, 7) is 16.3. The highest BCUT2D eigenvalue weighted by molar-refractivity contribution is 6.69. The largest absolute Gasteiger partial charge is 0.413 e. The molecule has 0 aliphatic heterocycles. The molecule has 0 saturated heterocycles. The first-order chi connectivity index (χ1) is 10.9. The van der Waals surface area contributed by atoms with Crippen LogP contribution in [0, 0.1) is 17.3 Å². The first-order valence-electron chi connectivity index (χ1n) is 9.79. The maximum Gasteiger partial charge on any atom is 0.184 e. The van der Waals surface area contributed by atoms with Crippen LogP contribution in [0.5, 0.6) is 0 Å².